The Labute approximate surface area is 137 Å². The summed E-state index contributed by atoms with van der Waals surface area (Å²) in [6.07, 6.45) is 1.44. The van der Waals surface area contributed by atoms with E-state index in [1.807, 2.05) is 13.8 Å². The molecule has 1 unspecified atom stereocenters. The van der Waals surface area contributed by atoms with E-state index < -0.39 is 9.84 Å². The summed E-state index contributed by atoms with van der Waals surface area (Å²) in [5.74, 6) is 1.09. The van der Waals surface area contributed by atoms with E-state index in [9.17, 15) is 13.2 Å². The van der Waals surface area contributed by atoms with E-state index in [-0.39, 0.29) is 23.5 Å². The topological polar surface area (TPSA) is 92.3 Å². The first kappa shape index (κ1) is 17.7. The Morgan fingerprint density at radius 1 is 1.39 bits per heavy atom. The number of hydrogen-bond acceptors (Lipinski definition) is 6. The smallest absolute Gasteiger partial charge is 0.272 e. The Bertz CT molecular complexity index is 675. The molecule has 0 saturated carbocycles. The minimum absolute atomic E-state index is 0.0393. The van der Waals surface area contributed by atoms with Crippen molar-refractivity contribution in [3.8, 4) is 0 Å². The van der Waals surface area contributed by atoms with Crippen molar-refractivity contribution in [1.82, 2.24) is 14.9 Å². The average Bonchev–Trinajstić information content (AvgIpc) is 2.85. The van der Waals surface area contributed by atoms with Crippen LogP contribution < -0.4 is 5.32 Å². The van der Waals surface area contributed by atoms with Crippen LogP contribution in [0.15, 0.2) is 6.07 Å². The zero-order chi connectivity index (χ0) is 17.0. The highest BCUT2D eigenvalue weighted by Crippen LogP contribution is 2.20. The van der Waals surface area contributed by atoms with Gasteiger partial charge in [-0.25, -0.2) is 18.4 Å². The number of aromatic nitrogens is 2. The monoisotopic (exact) mass is 340 g/mol. The second-order valence-corrected chi connectivity index (χ2v) is 7.99. The van der Waals surface area contributed by atoms with Crippen molar-refractivity contribution >= 4 is 21.6 Å². The van der Waals surface area contributed by atoms with Gasteiger partial charge in [-0.05, 0) is 26.7 Å². The van der Waals surface area contributed by atoms with E-state index >= 15 is 0 Å². The zero-order valence-corrected chi connectivity index (χ0v) is 14.7. The summed E-state index contributed by atoms with van der Waals surface area (Å²) in [5, 5.41) is 3.15. The summed E-state index contributed by atoms with van der Waals surface area (Å²) in [7, 11) is -3.03. The van der Waals surface area contributed by atoms with Gasteiger partial charge in [-0.1, -0.05) is 6.92 Å². The molecule has 8 heteroatoms. The molecule has 23 heavy (non-hydrogen) atoms. The van der Waals surface area contributed by atoms with Crippen LogP contribution in [0.5, 0.6) is 0 Å². The number of aryl methyl sites for hydroxylation is 1. The Hall–Kier alpha value is -1.70. The highest BCUT2D eigenvalue weighted by atomic mass is 32.2. The summed E-state index contributed by atoms with van der Waals surface area (Å²) >= 11 is 0. The lowest BCUT2D eigenvalue weighted by atomic mass is 10.2. The van der Waals surface area contributed by atoms with Crippen molar-refractivity contribution in [2.45, 2.75) is 39.7 Å². The van der Waals surface area contributed by atoms with Gasteiger partial charge in [-0.3, -0.25) is 4.79 Å². The van der Waals surface area contributed by atoms with Crippen LogP contribution in [-0.2, 0) is 9.84 Å². The summed E-state index contributed by atoms with van der Waals surface area (Å²) in [5.41, 5.74) is 0.308. The lowest BCUT2D eigenvalue weighted by Gasteiger charge is -2.26. The molecule has 0 radical (unpaired) electrons. The van der Waals surface area contributed by atoms with Gasteiger partial charge in [0.1, 0.15) is 17.3 Å². The first-order valence-corrected chi connectivity index (χ1v) is 9.79. The number of carbonyl (C=O) groups excluding carboxylic acids is 1. The van der Waals surface area contributed by atoms with Crippen LogP contribution in [0.25, 0.3) is 0 Å². The quantitative estimate of drug-likeness (QED) is 0.838. The van der Waals surface area contributed by atoms with E-state index in [0.717, 1.165) is 13.0 Å². The van der Waals surface area contributed by atoms with E-state index in [1.165, 1.54) is 0 Å². The van der Waals surface area contributed by atoms with Crippen molar-refractivity contribution in [3.05, 3.63) is 17.6 Å². The third-order valence-electron chi connectivity index (χ3n) is 3.86. The molecule has 1 amide bonds. The lowest BCUT2D eigenvalue weighted by Crippen LogP contribution is -2.41. The fraction of sp³-hybridized carbons (Fsp3) is 0.667. The molecule has 0 aliphatic carbocycles. The number of sulfone groups is 1. The molecule has 0 bridgehead atoms. The van der Waals surface area contributed by atoms with E-state index in [0.29, 0.717) is 30.3 Å². The van der Waals surface area contributed by atoms with Crippen LogP contribution >= 0.6 is 0 Å². The Morgan fingerprint density at radius 3 is 2.70 bits per heavy atom. The molecule has 1 N–H and O–H groups in total. The predicted octanol–water partition coefficient (Wildman–Crippen LogP) is 1.26. The van der Waals surface area contributed by atoms with E-state index in [1.54, 1.807) is 17.9 Å². The Balaban J connectivity index is 2.22. The summed E-state index contributed by atoms with van der Waals surface area (Å²) in [6, 6.07) is 1.37. The second-order valence-electron chi connectivity index (χ2n) is 5.76. The van der Waals surface area contributed by atoms with Crippen molar-refractivity contribution in [1.29, 1.82) is 0 Å². The zero-order valence-electron chi connectivity index (χ0n) is 13.9. The number of hydrogen-bond donors (Lipinski definition) is 1. The number of amides is 1. The van der Waals surface area contributed by atoms with Crippen LogP contribution in [0, 0.1) is 6.92 Å². The fourth-order valence-corrected chi connectivity index (χ4v) is 4.49. The Kier molecular flexibility index (Phi) is 5.56. The van der Waals surface area contributed by atoms with E-state index in [4.69, 9.17) is 0 Å². The van der Waals surface area contributed by atoms with Crippen molar-refractivity contribution in [2.24, 2.45) is 0 Å². The van der Waals surface area contributed by atoms with Crippen molar-refractivity contribution in [2.75, 3.05) is 29.9 Å². The van der Waals surface area contributed by atoms with Gasteiger partial charge in [0.2, 0.25) is 0 Å². The van der Waals surface area contributed by atoms with Gasteiger partial charge in [-0.15, -0.1) is 0 Å². The number of nitrogens with one attached hydrogen (secondary N) is 1. The highest BCUT2D eigenvalue weighted by Gasteiger charge is 2.34. The van der Waals surface area contributed by atoms with Gasteiger partial charge >= 0.3 is 0 Å². The third kappa shape index (κ3) is 4.40. The van der Waals surface area contributed by atoms with E-state index in [2.05, 4.69) is 15.3 Å². The maximum atomic E-state index is 12.8. The van der Waals surface area contributed by atoms with Crippen molar-refractivity contribution < 1.29 is 13.2 Å². The molecule has 7 nitrogen and oxygen atoms in total. The third-order valence-corrected chi connectivity index (χ3v) is 5.61. The molecular formula is C15H24N4O3S. The van der Waals surface area contributed by atoms with Crippen LogP contribution in [0.1, 0.15) is 43.0 Å². The molecule has 128 valence electrons. The first-order valence-electron chi connectivity index (χ1n) is 7.97. The normalized spacial score (nSPS) is 19.5. The largest absolute Gasteiger partial charge is 0.370 e. The molecule has 1 aliphatic heterocycles. The van der Waals surface area contributed by atoms with Gasteiger partial charge in [-0.2, -0.15) is 0 Å². The number of carbonyl (C=O) groups is 1. The molecule has 0 aromatic carbocycles. The van der Waals surface area contributed by atoms with Gasteiger partial charge < -0.3 is 10.2 Å². The summed E-state index contributed by atoms with van der Waals surface area (Å²) in [4.78, 5) is 22.9. The number of nitrogens with zero attached hydrogens (tertiary/aromatic N) is 3. The van der Waals surface area contributed by atoms with Gasteiger partial charge in [0.05, 0.1) is 11.5 Å². The molecule has 1 aromatic heterocycles. The SMILES string of the molecule is CCCNc1cc(C(=O)N(CC)C2CCS(=O)(=O)C2)nc(C)n1. The molecule has 1 aromatic rings. The molecule has 1 fully saturated rings. The molecule has 1 saturated heterocycles. The van der Waals surface area contributed by atoms with Crippen molar-refractivity contribution in [3.63, 3.8) is 0 Å². The van der Waals surface area contributed by atoms with Gasteiger partial charge in [0, 0.05) is 25.2 Å². The average molecular weight is 340 g/mol. The maximum Gasteiger partial charge on any atom is 0.272 e. The standard InChI is InChI=1S/C15H24N4O3S/c1-4-7-16-14-9-13(17-11(3)18-14)15(20)19(5-2)12-6-8-23(21,22)10-12/h9,12H,4-8,10H2,1-3H3,(H,16,17,18). The van der Waals surface area contributed by atoms with Crippen LogP contribution in [0.2, 0.25) is 0 Å². The van der Waals surface area contributed by atoms with Crippen LogP contribution in [0.3, 0.4) is 0 Å². The minimum atomic E-state index is -3.03. The number of rotatable bonds is 6. The lowest BCUT2D eigenvalue weighted by molar-refractivity contribution is 0.0702. The molecule has 2 heterocycles. The molecule has 1 atom stereocenters. The molecule has 0 spiro atoms. The molecule has 2 rings (SSSR count). The van der Waals surface area contributed by atoms with Gasteiger partial charge in [0.15, 0.2) is 9.84 Å². The fourth-order valence-electron chi connectivity index (χ4n) is 2.76. The summed E-state index contributed by atoms with van der Waals surface area (Å²) in [6.45, 7) is 6.87. The predicted molar refractivity (Wildman–Crippen MR) is 89.3 cm³/mol. The highest BCUT2D eigenvalue weighted by molar-refractivity contribution is 7.91. The van der Waals surface area contributed by atoms with Gasteiger partial charge in [0.25, 0.3) is 5.91 Å². The second kappa shape index (κ2) is 7.25. The minimum Gasteiger partial charge on any atom is -0.370 e. The first-order chi connectivity index (χ1) is 10.9. The number of anilines is 1. The molecular weight excluding hydrogens is 316 g/mol. The summed E-state index contributed by atoms with van der Waals surface area (Å²) < 4.78 is 23.3. The molecule has 1 aliphatic rings. The maximum absolute atomic E-state index is 12.8. The van der Waals surface area contributed by atoms with Crippen LogP contribution in [-0.4, -0.2) is 59.8 Å². The Morgan fingerprint density at radius 2 is 2.13 bits per heavy atom. The van der Waals surface area contributed by atoms with Crippen LogP contribution in [0.4, 0.5) is 5.82 Å².